The molecule has 0 radical (unpaired) electrons. The first-order valence-corrected chi connectivity index (χ1v) is 8.25. The summed E-state index contributed by atoms with van der Waals surface area (Å²) in [5, 5.41) is 10.5. The Morgan fingerprint density at radius 3 is 2.80 bits per heavy atom. The van der Waals surface area contributed by atoms with Gasteiger partial charge >= 0.3 is 0 Å². The molecule has 1 N–H and O–H groups in total. The van der Waals surface area contributed by atoms with E-state index < -0.39 is 0 Å². The summed E-state index contributed by atoms with van der Waals surface area (Å²) >= 11 is 0. The second-order valence-corrected chi connectivity index (χ2v) is 6.29. The van der Waals surface area contributed by atoms with Crippen molar-refractivity contribution in [3.05, 3.63) is 65.8 Å². The number of hydrogen-bond donors (Lipinski definition) is 1. The molecule has 7 heteroatoms. The average Bonchev–Trinajstić information content (AvgIpc) is 3.33. The molecule has 0 atom stereocenters. The minimum absolute atomic E-state index is 0.193. The molecule has 1 saturated carbocycles. The second kappa shape index (κ2) is 6.43. The van der Waals surface area contributed by atoms with E-state index in [0.29, 0.717) is 18.0 Å². The zero-order chi connectivity index (χ0) is 17.2. The number of amides is 1. The third-order valence-corrected chi connectivity index (χ3v) is 4.20. The van der Waals surface area contributed by atoms with E-state index in [1.165, 1.54) is 0 Å². The number of benzene rings is 1. The molecule has 1 aromatic carbocycles. The van der Waals surface area contributed by atoms with E-state index in [1.54, 1.807) is 18.9 Å². The summed E-state index contributed by atoms with van der Waals surface area (Å²) in [4.78, 5) is 21.4. The molecule has 3 aromatic rings. The Morgan fingerprint density at radius 1 is 1.28 bits per heavy atom. The standard InChI is InChI=1S/C18H18N6O/c1-12-16(8-19-17(22-12)14-5-6-14)18(25)23-15-4-2-3-13(7-15)9-24-10-20-21-11-24/h2-4,7-8,10-11,14H,5-6,9H2,1H3,(H,23,25). The number of nitrogens with zero attached hydrogens (tertiary/aromatic N) is 5. The lowest BCUT2D eigenvalue weighted by Gasteiger charge is -2.09. The fourth-order valence-electron chi connectivity index (χ4n) is 2.71. The van der Waals surface area contributed by atoms with E-state index >= 15 is 0 Å². The lowest BCUT2D eigenvalue weighted by Crippen LogP contribution is -2.15. The van der Waals surface area contributed by atoms with Gasteiger partial charge in [0.2, 0.25) is 0 Å². The highest BCUT2D eigenvalue weighted by molar-refractivity contribution is 6.04. The van der Waals surface area contributed by atoms with Gasteiger partial charge in [0, 0.05) is 17.8 Å². The maximum Gasteiger partial charge on any atom is 0.259 e. The number of carbonyl (C=O) groups excluding carboxylic acids is 1. The van der Waals surface area contributed by atoms with Crippen molar-refractivity contribution < 1.29 is 4.79 Å². The number of anilines is 1. The summed E-state index contributed by atoms with van der Waals surface area (Å²) in [5.41, 5.74) is 3.01. The molecular formula is C18H18N6O. The number of nitrogens with one attached hydrogen (secondary N) is 1. The number of aryl methyl sites for hydroxylation is 1. The largest absolute Gasteiger partial charge is 0.322 e. The molecule has 0 aliphatic heterocycles. The third kappa shape index (κ3) is 3.55. The summed E-state index contributed by atoms with van der Waals surface area (Å²) in [5.74, 6) is 1.14. The van der Waals surface area contributed by atoms with E-state index in [1.807, 2.05) is 35.8 Å². The molecule has 126 valence electrons. The first-order chi connectivity index (χ1) is 12.2. The van der Waals surface area contributed by atoms with Crippen molar-refractivity contribution in [3.63, 3.8) is 0 Å². The summed E-state index contributed by atoms with van der Waals surface area (Å²) in [7, 11) is 0. The topological polar surface area (TPSA) is 85.6 Å². The fourth-order valence-corrected chi connectivity index (χ4v) is 2.71. The van der Waals surface area contributed by atoms with Gasteiger partial charge in [-0.05, 0) is 37.5 Å². The molecule has 1 fully saturated rings. The maximum absolute atomic E-state index is 12.5. The molecule has 1 amide bonds. The van der Waals surface area contributed by atoms with Gasteiger partial charge in [-0.2, -0.15) is 0 Å². The summed E-state index contributed by atoms with van der Waals surface area (Å²) in [6, 6.07) is 7.71. The number of carbonyl (C=O) groups is 1. The van der Waals surface area contributed by atoms with Gasteiger partial charge < -0.3 is 9.88 Å². The molecule has 1 aliphatic carbocycles. The van der Waals surface area contributed by atoms with Crippen LogP contribution in [0.4, 0.5) is 5.69 Å². The fraction of sp³-hybridized carbons (Fsp3) is 0.278. The summed E-state index contributed by atoms with van der Waals surface area (Å²) in [6.07, 6.45) is 7.24. The van der Waals surface area contributed by atoms with Crippen molar-refractivity contribution in [1.82, 2.24) is 24.7 Å². The van der Waals surface area contributed by atoms with Crippen LogP contribution in [0.25, 0.3) is 0 Å². The summed E-state index contributed by atoms with van der Waals surface area (Å²) < 4.78 is 1.87. The van der Waals surface area contributed by atoms with Crippen LogP contribution in [0.2, 0.25) is 0 Å². The molecule has 0 unspecified atom stereocenters. The normalized spacial score (nSPS) is 13.6. The van der Waals surface area contributed by atoms with Gasteiger partial charge in [0.15, 0.2) is 0 Å². The Balaban J connectivity index is 1.48. The molecule has 0 spiro atoms. The zero-order valence-electron chi connectivity index (χ0n) is 13.9. The maximum atomic E-state index is 12.5. The van der Waals surface area contributed by atoms with Crippen molar-refractivity contribution in [2.24, 2.45) is 0 Å². The van der Waals surface area contributed by atoms with Crippen LogP contribution in [-0.2, 0) is 6.54 Å². The smallest absolute Gasteiger partial charge is 0.259 e. The first-order valence-electron chi connectivity index (χ1n) is 8.25. The van der Waals surface area contributed by atoms with Gasteiger partial charge in [0.1, 0.15) is 18.5 Å². The number of hydrogen-bond acceptors (Lipinski definition) is 5. The lowest BCUT2D eigenvalue weighted by molar-refractivity contribution is 0.102. The van der Waals surface area contributed by atoms with Gasteiger partial charge in [-0.3, -0.25) is 4.79 Å². The van der Waals surface area contributed by atoms with Crippen molar-refractivity contribution in [2.75, 3.05) is 5.32 Å². The highest BCUT2D eigenvalue weighted by Gasteiger charge is 2.27. The Labute approximate surface area is 145 Å². The SMILES string of the molecule is Cc1nc(C2CC2)ncc1C(=O)Nc1cccc(Cn2cnnc2)c1. The Hall–Kier alpha value is -3.09. The molecule has 7 nitrogen and oxygen atoms in total. The highest BCUT2D eigenvalue weighted by atomic mass is 16.1. The third-order valence-electron chi connectivity index (χ3n) is 4.20. The highest BCUT2D eigenvalue weighted by Crippen LogP contribution is 2.37. The van der Waals surface area contributed by atoms with E-state index in [-0.39, 0.29) is 5.91 Å². The quantitative estimate of drug-likeness (QED) is 0.775. The minimum atomic E-state index is -0.193. The van der Waals surface area contributed by atoms with Crippen LogP contribution in [0.5, 0.6) is 0 Å². The molecule has 1 aliphatic rings. The second-order valence-electron chi connectivity index (χ2n) is 6.29. The van der Waals surface area contributed by atoms with Crippen LogP contribution < -0.4 is 5.32 Å². The first kappa shape index (κ1) is 15.4. The van der Waals surface area contributed by atoms with Gasteiger partial charge in [-0.25, -0.2) is 9.97 Å². The van der Waals surface area contributed by atoms with Crippen LogP contribution in [0.15, 0.2) is 43.1 Å². The van der Waals surface area contributed by atoms with E-state index in [2.05, 4.69) is 25.5 Å². The molecule has 2 aromatic heterocycles. The van der Waals surface area contributed by atoms with Gasteiger partial charge in [-0.15, -0.1) is 10.2 Å². The Bertz CT molecular complexity index is 902. The van der Waals surface area contributed by atoms with Gasteiger partial charge in [-0.1, -0.05) is 12.1 Å². The van der Waals surface area contributed by atoms with E-state index in [9.17, 15) is 4.79 Å². The van der Waals surface area contributed by atoms with Crippen LogP contribution in [-0.4, -0.2) is 30.6 Å². The predicted octanol–water partition coefficient (Wildman–Crippen LogP) is 2.55. The van der Waals surface area contributed by atoms with E-state index in [4.69, 9.17) is 0 Å². The van der Waals surface area contributed by atoms with Crippen LogP contribution in [0.3, 0.4) is 0 Å². The van der Waals surface area contributed by atoms with Crippen molar-refractivity contribution in [1.29, 1.82) is 0 Å². The molecule has 25 heavy (non-hydrogen) atoms. The predicted molar refractivity (Wildman–Crippen MR) is 92.3 cm³/mol. The summed E-state index contributed by atoms with van der Waals surface area (Å²) in [6.45, 7) is 2.50. The Kier molecular flexibility index (Phi) is 3.97. The van der Waals surface area contributed by atoms with Crippen LogP contribution in [0, 0.1) is 6.92 Å². The molecular weight excluding hydrogens is 316 g/mol. The van der Waals surface area contributed by atoms with Crippen molar-refractivity contribution in [3.8, 4) is 0 Å². The van der Waals surface area contributed by atoms with Crippen LogP contribution in [0.1, 0.15) is 46.2 Å². The number of rotatable bonds is 5. The van der Waals surface area contributed by atoms with Crippen molar-refractivity contribution >= 4 is 11.6 Å². The molecule has 0 saturated heterocycles. The average molecular weight is 334 g/mol. The minimum Gasteiger partial charge on any atom is -0.322 e. The lowest BCUT2D eigenvalue weighted by atomic mass is 10.1. The number of aromatic nitrogens is 5. The van der Waals surface area contributed by atoms with E-state index in [0.717, 1.165) is 35.6 Å². The zero-order valence-corrected chi connectivity index (χ0v) is 13.9. The van der Waals surface area contributed by atoms with Crippen LogP contribution >= 0.6 is 0 Å². The molecule has 0 bridgehead atoms. The van der Waals surface area contributed by atoms with Crippen molar-refractivity contribution in [2.45, 2.75) is 32.2 Å². The van der Waals surface area contributed by atoms with Gasteiger partial charge in [0.25, 0.3) is 5.91 Å². The molecule has 4 rings (SSSR count). The monoisotopic (exact) mass is 334 g/mol. The Morgan fingerprint density at radius 2 is 2.08 bits per heavy atom. The molecule has 2 heterocycles. The van der Waals surface area contributed by atoms with Gasteiger partial charge in [0.05, 0.1) is 17.8 Å².